The minimum Gasteiger partial charge on any atom is -0.385 e. The molecule has 2 saturated heterocycles. The maximum atomic E-state index is 13.6. The van der Waals surface area contributed by atoms with Crippen LogP contribution < -0.4 is 4.90 Å². The second-order valence-electron chi connectivity index (χ2n) is 9.25. The largest absolute Gasteiger partial charge is 0.385 e. The van der Waals surface area contributed by atoms with Gasteiger partial charge in [0.15, 0.2) is 5.78 Å². The molecule has 1 aromatic rings. The molecule has 3 aliphatic rings. The summed E-state index contributed by atoms with van der Waals surface area (Å²) in [4.78, 5) is 43.7. The van der Waals surface area contributed by atoms with E-state index in [0.29, 0.717) is 19.6 Å². The molecular weight excluding hydrogens is 448 g/mol. The van der Waals surface area contributed by atoms with E-state index >= 15 is 0 Å². The predicted octanol–water partition coefficient (Wildman–Crippen LogP) is 3.29. The van der Waals surface area contributed by atoms with Crippen LogP contribution >= 0.6 is 15.9 Å². The molecule has 4 atom stereocenters. The Morgan fingerprint density at radius 2 is 1.87 bits per heavy atom. The van der Waals surface area contributed by atoms with Crippen molar-refractivity contribution in [2.24, 2.45) is 17.3 Å². The van der Waals surface area contributed by atoms with E-state index in [1.54, 1.807) is 7.11 Å². The summed E-state index contributed by atoms with van der Waals surface area (Å²) in [6.45, 7) is 6.43. The molecule has 6 nitrogen and oxygen atoms in total. The van der Waals surface area contributed by atoms with Gasteiger partial charge in [0.2, 0.25) is 11.8 Å². The number of likely N-dealkylation sites (tertiary alicyclic amines) is 1. The highest BCUT2D eigenvalue weighted by molar-refractivity contribution is 9.10. The summed E-state index contributed by atoms with van der Waals surface area (Å²) < 4.78 is 6.02. The maximum absolute atomic E-state index is 13.6. The number of anilines is 1. The minimum atomic E-state index is -0.659. The van der Waals surface area contributed by atoms with Crippen molar-refractivity contribution in [1.82, 2.24) is 4.90 Å². The fourth-order valence-electron chi connectivity index (χ4n) is 4.94. The van der Waals surface area contributed by atoms with Crippen molar-refractivity contribution in [3.63, 3.8) is 0 Å². The van der Waals surface area contributed by atoms with Gasteiger partial charge in [-0.2, -0.15) is 0 Å². The van der Waals surface area contributed by atoms with Crippen LogP contribution in [0.25, 0.3) is 6.08 Å². The van der Waals surface area contributed by atoms with Crippen molar-refractivity contribution in [2.75, 3.05) is 25.2 Å². The van der Waals surface area contributed by atoms with Gasteiger partial charge in [-0.3, -0.25) is 19.3 Å². The van der Waals surface area contributed by atoms with E-state index in [-0.39, 0.29) is 23.6 Å². The summed E-state index contributed by atoms with van der Waals surface area (Å²) in [6, 6.07) is 4.93. The highest BCUT2D eigenvalue weighted by Crippen LogP contribution is 2.50. The standard InChI is InChI=1S/C23H27BrN2O4/c1-23(2,3)20(27)19-18-17(21(28)25(22(18)29)10-5-11-30-4)16-8-6-13-12-14(24)7-9-15(13)26(16)19/h6-9,12,16-19H,5,10-11H2,1-4H3/t16-,17-,18-,19+/m1/s1. The lowest BCUT2D eigenvalue weighted by atomic mass is 9.79. The molecule has 30 heavy (non-hydrogen) atoms. The quantitative estimate of drug-likeness (QED) is 0.483. The molecule has 4 rings (SSSR count). The van der Waals surface area contributed by atoms with E-state index in [9.17, 15) is 14.4 Å². The number of halogens is 1. The monoisotopic (exact) mass is 474 g/mol. The van der Waals surface area contributed by atoms with Crippen LogP contribution in [0.4, 0.5) is 5.69 Å². The number of rotatable bonds is 5. The first-order chi connectivity index (χ1) is 14.2. The van der Waals surface area contributed by atoms with Gasteiger partial charge in [-0.25, -0.2) is 0 Å². The average Bonchev–Trinajstić information content (AvgIpc) is 3.15. The van der Waals surface area contributed by atoms with Gasteiger partial charge in [0.1, 0.15) is 6.04 Å². The number of hydrogen-bond donors (Lipinski definition) is 0. The molecule has 0 radical (unpaired) electrons. The summed E-state index contributed by atoms with van der Waals surface area (Å²) in [5.74, 6) is -1.61. The Kier molecular flexibility index (Phi) is 5.39. The number of carbonyl (C=O) groups excluding carboxylic acids is 3. The SMILES string of the molecule is COCCCN1C(=O)[C@@H]2[C@H](C1=O)[C@H]1C=Cc3cc(Br)ccc3N1[C@@H]2C(=O)C(C)(C)C. The second kappa shape index (κ2) is 7.61. The van der Waals surface area contributed by atoms with Gasteiger partial charge in [-0.05, 0) is 30.2 Å². The van der Waals surface area contributed by atoms with Crippen LogP contribution in [-0.2, 0) is 19.1 Å². The molecule has 3 heterocycles. The third kappa shape index (κ3) is 3.23. The van der Waals surface area contributed by atoms with Crippen molar-refractivity contribution >= 4 is 45.3 Å². The fourth-order valence-corrected chi connectivity index (χ4v) is 5.32. The van der Waals surface area contributed by atoms with E-state index in [1.165, 1.54) is 4.90 Å². The number of hydrogen-bond acceptors (Lipinski definition) is 5. The zero-order valence-corrected chi connectivity index (χ0v) is 19.3. The smallest absolute Gasteiger partial charge is 0.235 e. The molecule has 0 saturated carbocycles. The van der Waals surface area contributed by atoms with E-state index in [1.807, 2.05) is 56.0 Å². The topological polar surface area (TPSA) is 66.9 Å². The first-order valence-electron chi connectivity index (χ1n) is 10.3. The van der Waals surface area contributed by atoms with Crippen LogP contribution in [-0.4, -0.2) is 54.8 Å². The number of ketones is 1. The molecule has 0 unspecified atom stereocenters. The van der Waals surface area contributed by atoms with Crippen LogP contribution in [0.2, 0.25) is 0 Å². The number of fused-ring (bicyclic) bond motifs is 5. The lowest BCUT2D eigenvalue weighted by Gasteiger charge is -2.38. The molecule has 0 N–H and O–H groups in total. The normalized spacial score (nSPS) is 27.4. The zero-order valence-electron chi connectivity index (χ0n) is 17.7. The van der Waals surface area contributed by atoms with Gasteiger partial charge < -0.3 is 9.64 Å². The molecule has 0 aliphatic carbocycles. The first kappa shape index (κ1) is 21.2. The van der Waals surface area contributed by atoms with Crippen LogP contribution in [0.15, 0.2) is 28.7 Å². The molecule has 0 bridgehead atoms. The van der Waals surface area contributed by atoms with Gasteiger partial charge in [0.05, 0.1) is 17.9 Å². The van der Waals surface area contributed by atoms with Crippen molar-refractivity contribution in [3.8, 4) is 0 Å². The summed E-state index contributed by atoms with van der Waals surface area (Å²) >= 11 is 3.50. The Hall–Kier alpha value is -1.99. The number of methoxy groups -OCH3 is 1. The molecule has 0 spiro atoms. The summed E-state index contributed by atoms with van der Waals surface area (Å²) in [5.41, 5.74) is 1.24. The molecule has 1 aromatic carbocycles. The second-order valence-corrected chi connectivity index (χ2v) is 10.2. The molecule has 160 valence electrons. The highest BCUT2D eigenvalue weighted by atomic mass is 79.9. The van der Waals surface area contributed by atoms with Crippen molar-refractivity contribution in [3.05, 3.63) is 34.3 Å². The van der Waals surface area contributed by atoms with Gasteiger partial charge in [-0.15, -0.1) is 0 Å². The minimum absolute atomic E-state index is 0.0101. The Morgan fingerprint density at radius 3 is 2.53 bits per heavy atom. The summed E-state index contributed by atoms with van der Waals surface area (Å²) in [6.07, 6.45) is 4.56. The number of imide groups is 1. The van der Waals surface area contributed by atoms with Crippen LogP contribution in [0, 0.1) is 17.3 Å². The van der Waals surface area contributed by atoms with Crippen LogP contribution in [0.1, 0.15) is 32.8 Å². The third-order valence-electron chi connectivity index (χ3n) is 6.30. The van der Waals surface area contributed by atoms with Crippen LogP contribution in [0.5, 0.6) is 0 Å². The number of carbonyl (C=O) groups is 3. The molecule has 2 fully saturated rings. The number of nitrogens with zero attached hydrogens (tertiary/aromatic N) is 2. The van der Waals surface area contributed by atoms with Crippen molar-refractivity contribution < 1.29 is 19.1 Å². The first-order valence-corrected chi connectivity index (χ1v) is 11.1. The lowest BCUT2D eigenvalue weighted by Crippen LogP contribution is -2.51. The molecule has 3 aliphatic heterocycles. The van der Waals surface area contributed by atoms with Crippen molar-refractivity contribution in [1.29, 1.82) is 0 Å². The number of amides is 2. The number of Topliss-reactive ketones (excluding diaryl/α,β-unsaturated/α-hetero) is 1. The van der Waals surface area contributed by atoms with Gasteiger partial charge in [0.25, 0.3) is 0 Å². The van der Waals surface area contributed by atoms with Gasteiger partial charge in [-0.1, -0.05) is 48.9 Å². The van der Waals surface area contributed by atoms with Gasteiger partial charge in [0, 0.05) is 35.8 Å². The average molecular weight is 475 g/mol. The third-order valence-corrected chi connectivity index (χ3v) is 6.79. The van der Waals surface area contributed by atoms with Gasteiger partial charge >= 0.3 is 0 Å². The molecule has 7 heteroatoms. The van der Waals surface area contributed by atoms with Crippen LogP contribution in [0.3, 0.4) is 0 Å². The van der Waals surface area contributed by atoms with E-state index in [4.69, 9.17) is 4.74 Å². The lowest BCUT2D eigenvalue weighted by molar-refractivity contribution is -0.142. The zero-order chi connectivity index (χ0) is 21.8. The Balaban J connectivity index is 1.78. The van der Waals surface area contributed by atoms with E-state index in [2.05, 4.69) is 15.9 Å². The van der Waals surface area contributed by atoms with E-state index in [0.717, 1.165) is 15.7 Å². The number of ether oxygens (including phenoxy) is 1. The highest BCUT2D eigenvalue weighted by Gasteiger charge is 2.64. The molecule has 0 aromatic heterocycles. The predicted molar refractivity (Wildman–Crippen MR) is 118 cm³/mol. The Labute approximate surface area is 185 Å². The van der Waals surface area contributed by atoms with Crippen molar-refractivity contribution in [2.45, 2.75) is 39.3 Å². The Morgan fingerprint density at radius 1 is 1.17 bits per heavy atom. The van der Waals surface area contributed by atoms with E-state index < -0.39 is 23.3 Å². The molecular formula is C23H27BrN2O4. The fraction of sp³-hybridized carbons (Fsp3) is 0.522. The Bertz CT molecular complexity index is 936. The molecule has 2 amide bonds. The number of benzene rings is 1. The summed E-state index contributed by atoms with van der Waals surface area (Å²) in [5, 5.41) is 0. The maximum Gasteiger partial charge on any atom is 0.235 e. The summed E-state index contributed by atoms with van der Waals surface area (Å²) in [7, 11) is 1.60.